The summed E-state index contributed by atoms with van der Waals surface area (Å²) in [5.74, 6) is 0.211. The second-order valence-electron chi connectivity index (χ2n) is 9.50. The fourth-order valence-corrected chi connectivity index (χ4v) is 4.68. The molecule has 9 nitrogen and oxygen atoms in total. The van der Waals surface area contributed by atoms with E-state index in [4.69, 9.17) is 4.74 Å². The highest BCUT2D eigenvalue weighted by atomic mass is 32.2. The van der Waals surface area contributed by atoms with Gasteiger partial charge in [0.1, 0.15) is 17.3 Å². The molecule has 0 saturated carbocycles. The second kappa shape index (κ2) is 12.2. The average Bonchev–Trinajstić information content (AvgIpc) is 3.32. The van der Waals surface area contributed by atoms with Crippen molar-refractivity contribution in [2.24, 2.45) is 4.99 Å². The Kier molecular flexibility index (Phi) is 9.36. The first-order chi connectivity index (χ1) is 17.0. The number of nitrogens with zero attached hydrogens (tertiary/aromatic N) is 2. The predicted molar refractivity (Wildman–Crippen MR) is 139 cm³/mol. The third kappa shape index (κ3) is 8.25. The maximum Gasteiger partial charge on any atom is 0.416 e. The van der Waals surface area contributed by atoms with Crippen LogP contribution >= 0.6 is 0 Å². The SMILES string of the molecule is CC(C)(C)OC(=O)N1CCN=C1c1ccc(CCNCC(=O)CNCS(=O)(=O)c2ccccc2)cc1. The molecule has 3 rings (SSSR count). The summed E-state index contributed by atoms with van der Waals surface area (Å²) in [6.45, 7) is 7.27. The first-order valence-electron chi connectivity index (χ1n) is 11.9. The summed E-state index contributed by atoms with van der Waals surface area (Å²) < 4.78 is 29.9. The molecule has 10 heteroatoms. The molecule has 2 N–H and O–H groups in total. The summed E-state index contributed by atoms with van der Waals surface area (Å²) in [7, 11) is -3.46. The van der Waals surface area contributed by atoms with Crippen LogP contribution in [0.5, 0.6) is 0 Å². The number of carbonyl (C=O) groups excluding carboxylic acids is 2. The summed E-state index contributed by atoms with van der Waals surface area (Å²) in [5.41, 5.74) is 1.36. The lowest BCUT2D eigenvalue weighted by Gasteiger charge is -2.25. The van der Waals surface area contributed by atoms with Gasteiger partial charge in [-0.15, -0.1) is 0 Å². The monoisotopic (exact) mass is 514 g/mol. The highest BCUT2D eigenvalue weighted by molar-refractivity contribution is 7.91. The molecule has 0 atom stereocenters. The van der Waals surface area contributed by atoms with Crippen molar-refractivity contribution in [1.29, 1.82) is 0 Å². The van der Waals surface area contributed by atoms with Gasteiger partial charge in [0.05, 0.1) is 31.1 Å². The number of ether oxygens (including phenoxy) is 1. The van der Waals surface area contributed by atoms with Gasteiger partial charge in [-0.3, -0.25) is 20.0 Å². The minimum Gasteiger partial charge on any atom is -0.443 e. The number of sulfone groups is 1. The fourth-order valence-electron chi connectivity index (χ4n) is 3.57. The van der Waals surface area contributed by atoms with Crippen LogP contribution in [0.3, 0.4) is 0 Å². The third-order valence-corrected chi connectivity index (χ3v) is 6.87. The molecule has 1 amide bonds. The Morgan fingerprint density at radius 2 is 1.67 bits per heavy atom. The van der Waals surface area contributed by atoms with E-state index in [2.05, 4.69) is 15.6 Å². The molecule has 0 aliphatic carbocycles. The molecule has 2 aromatic rings. The van der Waals surface area contributed by atoms with E-state index >= 15 is 0 Å². The zero-order valence-electron chi connectivity index (χ0n) is 21.0. The number of nitrogens with one attached hydrogen (secondary N) is 2. The lowest BCUT2D eigenvalue weighted by Crippen LogP contribution is -2.39. The molecule has 1 aliphatic rings. The highest BCUT2D eigenvalue weighted by Crippen LogP contribution is 2.17. The van der Waals surface area contributed by atoms with Crippen molar-refractivity contribution in [1.82, 2.24) is 15.5 Å². The number of amides is 1. The average molecular weight is 515 g/mol. The van der Waals surface area contributed by atoms with Gasteiger partial charge in [-0.25, -0.2) is 13.2 Å². The van der Waals surface area contributed by atoms with Gasteiger partial charge >= 0.3 is 6.09 Å². The van der Waals surface area contributed by atoms with E-state index in [9.17, 15) is 18.0 Å². The number of rotatable bonds is 11. The van der Waals surface area contributed by atoms with Crippen LogP contribution in [0.15, 0.2) is 64.5 Å². The number of ketones is 1. The molecule has 0 unspecified atom stereocenters. The molecule has 0 saturated heterocycles. The standard InChI is InChI=1S/C26H34N4O5S/c1-26(2,3)35-25(32)30-16-15-29-24(30)21-11-9-20(10-12-21)13-14-27-17-22(31)18-28-19-36(33,34)23-7-5-4-6-8-23/h4-12,27-28H,13-19H2,1-3H3. The predicted octanol–water partition coefficient (Wildman–Crippen LogP) is 2.41. The van der Waals surface area contributed by atoms with Gasteiger partial charge in [-0.2, -0.15) is 0 Å². The molecule has 0 aromatic heterocycles. The van der Waals surface area contributed by atoms with Crippen molar-refractivity contribution in [3.8, 4) is 0 Å². The van der Waals surface area contributed by atoms with E-state index in [1.54, 1.807) is 23.1 Å². The number of hydrogen-bond acceptors (Lipinski definition) is 8. The molecule has 2 aromatic carbocycles. The third-order valence-electron chi connectivity index (χ3n) is 5.30. The lowest BCUT2D eigenvalue weighted by atomic mass is 10.1. The lowest BCUT2D eigenvalue weighted by molar-refractivity contribution is -0.117. The summed E-state index contributed by atoms with van der Waals surface area (Å²) in [5, 5.41) is 5.81. The van der Waals surface area contributed by atoms with Gasteiger partial charge in [-0.05, 0) is 51.4 Å². The highest BCUT2D eigenvalue weighted by Gasteiger charge is 2.29. The Hall–Kier alpha value is -3.08. The number of hydrogen-bond donors (Lipinski definition) is 2. The van der Waals surface area contributed by atoms with Gasteiger partial charge in [0.2, 0.25) is 0 Å². The van der Waals surface area contributed by atoms with E-state index in [0.29, 0.717) is 31.9 Å². The number of carbonyl (C=O) groups is 2. The Labute approximate surface area is 212 Å². The van der Waals surface area contributed by atoms with E-state index in [1.807, 2.05) is 45.0 Å². The van der Waals surface area contributed by atoms with Gasteiger partial charge in [0, 0.05) is 5.56 Å². The Balaban J connectivity index is 1.38. The summed E-state index contributed by atoms with van der Waals surface area (Å²) in [6, 6.07) is 16.0. The molecular weight excluding hydrogens is 480 g/mol. The fraction of sp³-hybridized carbons (Fsp3) is 0.423. The molecule has 1 heterocycles. The minimum absolute atomic E-state index is 0.0238. The molecule has 0 radical (unpaired) electrons. The molecule has 0 bridgehead atoms. The van der Waals surface area contributed by atoms with Crippen molar-refractivity contribution in [3.05, 3.63) is 65.7 Å². The molecule has 194 valence electrons. The van der Waals surface area contributed by atoms with Crippen LogP contribution < -0.4 is 10.6 Å². The summed E-state index contributed by atoms with van der Waals surface area (Å²) in [4.78, 5) is 30.8. The number of amidine groups is 1. The normalized spacial score (nSPS) is 14.0. The molecule has 0 fully saturated rings. The van der Waals surface area contributed by atoms with E-state index in [-0.39, 0.29) is 29.6 Å². The first-order valence-corrected chi connectivity index (χ1v) is 13.6. The van der Waals surface area contributed by atoms with Gasteiger partial charge in [0.25, 0.3) is 0 Å². The maximum atomic E-state index is 12.5. The van der Waals surface area contributed by atoms with Gasteiger partial charge < -0.3 is 10.1 Å². The van der Waals surface area contributed by atoms with Crippen LogP contribution in [0.1, 0.15) is 31.9 Å². The molecule has 0 spiro atoms. The topological polar surface area (TPSA) is 117 Å². The van der Waals surface area contributed by atoms with Crippen LogP contribution in [-0.4, -0.2) is 75.2 Å². The van der Waals surface area contributed by atoms with Crippen LogP contribution in [-0.2, 0) is 25.8 Å². The Bertz CT molecular complexity index is 1170. The minimum atomic E-state index is -3.46. The van der Waals surface area contributed by atoms with Crippen molar-refractivity contribution in [2.45, 2.75) is 37.7 Å². The summed E-state index contributed by atoms with van der Waals surface area (Å²) >= 11 is 0. The van der Waals surface area contributed by atoms with Crippen molar-refractivity contribution in [3.63, 3.8) is 0 Å². The number of benzene rings is 2. The Morgan fingerprint density at radius 3 is 2.33 bits per heavy atom. The van der Waals surface area contributed by atoms with Gasteiger partial charge in [0.15, 0.2) is 15.6 Å². The van der Waals surface area contributed by atoms with Crippen LogP contribution in [0, 0.1) is 0 Å². The van der Waals surface area contributed by atoms with E-state index in [1.165, 1.54) is 12.1 Å². The van der Waals surface area contributed by atoms with Crippen molar-refractivity contribution in [2.75, 3.05) is 38.6 Å². The first kappa shape index (κ1) is 27.5. The zero-order valence-corrected chi connectivity index (χ0v) is 21.8. The van der Waals surface area contributed by atoms with Crippen LogP contribution in [0.4, 0.5) is 4.79 Å². The summed E-state index contributed by atoms with van der Waals surface area (Å²) in [6.07, 6.45) is 0.315. The number of aliphatic imine (C=N–C) groups is 1. The smallest absolute Gasteiger partial charge is 0.416 e. The number of Topliss-reactive ketones (excluding diaryl/α,β-unsaturated/α-hetero) is 1. The zero-order chi connectivity index (χ0) is 26.2. The van der Waals surface area contributed by atoms with Crippen molar-refractivity contribution >= 4 is 27.5 Å². The molecular formula is C26H34N4O5S. The van der Waals surface area contributed by atoms with Gasteiger partial charge in [-0.1, -0.05) is 42.5 Å². The molecule has 1 aliphatic heterocycles. The van der Waals surface area contributed by atoms with E-state index < -0.39 is 21.5 Å². The Morgan fingerprint density at radius 1 is 1.00 bits per heavy atom. The largest absolute Gasteiger partial charge is 0.443 e. The van der Waals surface area contributed by atoms with Crippen molar-refractivity contribution < 1.29 is 22.7 Å². The van der Waals surface area contributed by atoms with Crippen LogP contribution in [0.2, 0.25) is 0 Å². The second-order valence-corrected chi connectivity index (χ2v) is 11.5. The van der Waals surface area contributed by atoms with Crippen LogP contribution in [0.25, 0.3) is 0 Å². The maximum absolute atomic E-state index is 12.5. The van der Waals surface area contributed by atoms with E-state index in [0.717, 1.165) is 11.1 Å². The quantitative estimate of drug-likeness (QED) is 0.442. The molecule has 36 heavy (non-hydrogen) atoms.